The van der Waals surface area contributed by atoms with Gasteiger partial charge < -0.3 is 14.9 Å². The number of fused-ring (bicyclic) bond motifs is 1. The molecule has 1 aromatic heterocycles. The number of nitrogens with zero attached hydrogens (tertiary/aromatic N) is 4. The molecule has 0 atom stereocenters. The van der Waals surface area contributed by atoms with E-state index in [2.05, 4.69) is 19.8 Å². The molecule has 2 heterocycles. The molecule has 3 aromatic rings. The third kappa shape index (κ3) is 2.60. The minimum Gasteiger partial charge on any atom is -0.508 e. The van der Waals surface area contributed by atoms with Crippen LogP contribution < -0.4 is 9.80 Å². The highest BCUT2D eigenvalue weighted by atomic mass is 19.1. The van der Waals surface area contributed by atoms with Gasteiger partial charge in [-0.2, -0.15) is 0 Å². The van der Waals surface area contributed by atoms with Crippen LogP contribution in [0, 0.1) is 5.82 Å². The number of phenols is 1. The van der Waals surface area contributed by atoms with Gasteiger partial charge in [-0.1, -0.05) is 6.07 Å². The van der Waals surface area contributed by atoms with E-state index < -0.39 is 0 Å². The van der Waals surface area contributed by atoms with Crippen LogP contribution in [0.5, 0.6) is 5.75 Å². The number of para-hydroxylation sites is 1. The molecule has 4 rings (SSSR count). The Bertz CT molecular complexity index is 861. The minimum absolute atomic E-state index is 0.270. The molecule has 1 saturated heterocycles. The number of hydrogen-bond donors (Lipinski definition) is 1. The largest absolute Gasteiger partial charge is 0.508 e. The van der Waals surface area contributed by atoms with Crippen molar-refractivity contribution in [1.82, 2.24) is 9.97 Å². The maximum atomic E-state index is 13.9. The molecule has 0 radical (unpaired) electrons. The fourth-order valence-corrected chi connectivity index (χ4v) is 3.13. The van der Waals surface area contributed by atoms with Crippen LogP contribution in [0.15, 0.2) is 48.8 Å². The van der Waals surface area contributed by atoms with Crippen LogP contribution in [0.2, 0.25) is 0 Å². The fraction of sp³-hybridized carbons (Fsp3) is 0.222. The Morgan fingerprint density at radius 3 is 2.33 bits per heavy atom. The van der Waals surface area contributed by atoms with Crippen molar-refractivity contribution in [3.63, 3.8) is 0 Å². The van der Waals surface area contributed by atoms with Crippen molar-refractivity contribution < 1.29 is 9.50 Å². The highest BCUT2D eigenvalue weighted by Gasteiger charge is 2.20. The van der Waals surface area contributed by atoms with Crippen molar-refractivity contribution in [3.05, 3.63) is 54.6 Å². The zero-order valence-electron chi connectivity index (χ0n) is 13.1. The Morgan fingerprint density at radius 2 is 1.58 bits per heavy atom. The third-order valence-electron chi connectivity index (χ3n) is 4.39. The quantitative estimate of drug-likeness (QED) is 0.785. The predicted molar refractivity (Wildman–Crippen MR) is 92.0 cm³/mol. The number of halogens is 1. The van der Waals surface area contributed by atoms with E-state index in [-0.39, 0.29) is 11.6 Å². The lowest BCUT2D eigenvalue weighted by Crippen LogP contribution is -2.46. The molecule has 0 amide bonds. The van der Waals surface area contributed by atoms with Crippen molar-refractivity contribution in [3.8, 4) is 5.75 Å². The Labute approximate surface area is 139 Å². The molecular weight excluding hydrogens is 307 g/mol. The number of phenolic OH excluding ortho intramolecular Hbond substituents is 1. The standard InChI is InChI=1S/C18H17FN4O/c19-16-3-1-2-15-17(16)20-12-21-18(15)23-10-8-22(9-11-23)13-4-6-14(24)7-5-13/h1-7,12,24H,8-11H2. The molecule has 1 aliphatic heterocycles. The molecule has 0 bridgehead atoms. The molecule has 2 aromatic carbocycles. The maximum Gasteiger partial charge on any atom is 0.149 e. The lowest BCUT2D eigenvalue weighted by Gasteiger charge is -2.37. The number of piperazine rings is 1. The summed E-state index contributed by atoms with van der Waals surface area (Å²) >= 11 is 0. The number of rotatable bonds is 2. The molecule has 1 fully saturated rings. The zero-order chi connectivity index (χ0) is 16.5. The highest BCUT2D eigenvalue weighted by molar-refractivity contribution is 5.89. The van der Waals surface area contributed by atoms with Crippen LogP contribution in [0.4, 0.5) is 15.9 Å². The average molecular weight is 324 g/mol. The number of hydrogen-bond acceptors (Lipinski definition) is 5. The van der Waals surface area contributed by atoms with Gasteiger partial charge in [0.05, 0.1) is 0 Å². The van der Waals surface area contributed by atoms with Crippen LogP contribution >= 0.6 is 0 Å². The highest BCUT2D eigenvalue weighted by Crippen LogP contribution is 2.26. The SMILES string of the molecule is Oc1ccc(N2CCN(c3ncnc4c(F)cccc34)CC2)cc1. The first-order chi connectivity index (χ1) is 11.7. The van der Waals surface area contributed by atoms with Gasteiger partial charge in [0.1, 0.15) is 29.2 Å². The molecule has 0 spiro atoms. The lowest BCUT2D eigenvalue weighted by molar-refractivity contribution is 0.475. The van der Waals surface area contributed by atoms with E-state index in [4.69, 9.17) is 0 Å². The van der Waals surface area contributed by atoms with E-state index in [1.54, 1.807) is 18.2 Å². The summed E-state index contributed by atoms with van der Waals surface area (Å²) in [6.45, 7) is 3.27. The monoisotopic (exact) mass is 324 g/mol. The summed E-state index contributed by atoms with van der Waals surface area (Å²) in [5.41, 5.74) is 1.45. The van der Waals surface area contributed by atoms with Gasteiger partial charge in [0, 0.05) is 37.3 Å². The first-order valence-corrected chi connectivity index (χ1v) is 7.90. The summed E-state index contributed by atoms with van der Waals surface area (Å²) in [6.07, 6.45) is 1.42. The van der Waals surface area contributed by atoms with Crippen molar-refractivity contribution in [1.29, 1.82) is 0 Å². The number of anilines is 2. The Kier molecular flexibility index (Phi) is 3.65. The lowest BCUT2D eigenvalue weighted by atomic mass is 10.2. The molecule has 0 saturated carbocycles. The van der Waals surface area contributed by atoms with E-state index in [0.29, 0.717) is 5.52 Å². The van der Waals surface area contributed by atoms with Gasteiger partial charge in [-0.05, 0) is 36.4 Å². The number of aromatic nitrogens is 2. The normalized spacial score (nSPS) is 15.0. The van der Waals surface area contributed by atoms with E-state index in [0.717, 1.165) is 43.1 Å². The number of aromatic hydroxyl groups is 1. The zero-order valence-corrected chi connectivity index (χ0v) is 13.1. The summed E-state index contributed by atoms with van der Waals surface area (Å²) in [6, 6.07) is 12.2. The first-order valence-electron chi connectivity index (χ1n) is 7.90. The van der Waals surface area contributed by atoms with E-state index >= 15 is 0 Å². The van der Waals surface area contributed by atoms with Gasteiger partial charge in [-0.15, -0.1) is 0 Å². The van der Waals surface area contributed by atoms with Crippen molar-refractivity contribution in [2.75, 3.05) is 36.0 Å². The maximum absolute atomic E-state index is 13.9. The molecular formula is C18H17FN4O. The van der Waals surface area contributed by atoms with E-state index in [1.807, 2.05) is 18.2 Å². The minimum atomic E-state index is -0.320. The van der Waals surface area contributed by atoms with Gasteiger partial charge in [0.25, 0.3) is 0 Å². The van der Waals surface area contributed by atoms with Gasteiger partial charge in [0.2, 0.25) is 0 Å². The Hall–Kier alpha value is -2.89. The summed E-state index contributed by atoms with van der Waals surface area (Å²) in [5, 5.41) is 10.1. The van der Waals surface area contributed by atoms with Crippen molar-refractivity contribution >= 4 is 22.4 Å². The topological polar surface area (TPSA) is 52.5 Å². The van der Waals surface area contributed by atoms with E-state index in [9.17, 15) is 9.50 Å². The second-order valence-electron chi connectivity index (χ2n) is 5.82. The molecule has 5 nitrogen and oxygen atoms in total. The van der Waals surface area contributed by atoms with Gasteiger partial charge in [-0.25, -0.2) is 14.4 Å². The second kappa shape index (κ2) is 5.96. The molecule has 1 N–H and O–H groups in total. The molecule has 6 heteroatoms. The summed E-state index contributed by atoms with van der Waals surface area (Å²) < 4.78 is 13.9. The smallest absolute Gasteiger partial charge is 0.149 e. The third-order valence-corrected chi connectivity index (χ3v) is 4.39. The Morgan fingerprint density at radius 1 is 0.875 bits per heavy atom. The van der Waals surface area contributed by atoms with Crippen LogP contribution in [-0.2, 0) is 0 Å². The molecule has 0 unspecified atom stereocenters. The van der Waals surface area contributed by atoms with Crippen molar-refractivity contribution in [2.24, 2.45) is 0 Å². The predicted octanol–water partition coefficient (Wildman–Crippen LogP) is 2.80. The average Bonchev–Trinajstić information content (AvgIpc) is 2.63. The first kappa shape index (κ1) is 14.7. The van der Waals surface area contributed by atoms with Crippen LogP contribution in [0.1, 0.15) is 0 Å². The number of benzene rings is 2. The molecule has 1 aliphatic rings. The summed E-state index contributed by atoms with van der Waals surface area (Å²) in [4.78, 5) is 12.9. The summed E-state index contributed by atoms with van der Waals surface area (Å²) in [7, 11) is 0. The van der Waals surface area contributed by atoms with E-state index in [1.165, 1.54) is 12.4 Å². The summed E-state index contributed by atoms with van der Waals surface area (Å²) in [5.74, 6) is 0.732. The molecule has 24 heavy (non-hydrogen) atoms. The van der Waals surface area contributed by atoms with Crippen LogP contribution in [0.3, 0.4) is 0 Å². The Balaban J connectivity index is 1.56. The van der Waals surface area contributed by atoms with Gasteiger partial charge in [0.15, 0.2) is 0 Å². The van der Waals surface area contributed by atoms with Gasteiger partial charge >= 0.3 is 0 Å². The van der Waals surface area contributed by atoms with Gasteiger partial charge in [-0.3, -0.25) is 0 Å². The van der Waals surface area contributed by atoms with Crippen molar-refractivity contribution in [2.45, 2.75) is 0 Å². The molecule has 122 valence electrons. The molecule has 0 aliphatic carbocycles. The van der Waals surface area contributed by atoms with Crippen LogP contribution in [-0.4, -0.2) is 41.3 Å². The van der Waals surface area contributed by atoms with Crippen LogP contribution in [0.25, 0.3) is 10.9 Å². The fourth-order valence-electron chi connectivity index (χ4n) is 3.13. The second-order valence-corrected chi connectivity index (χ2v) is 5.82.